The highest BCUT2D eigenvalue weighted by molar-refractivity contribution is 6.00. The van der Waals surface area contributed by atoms with E-state index in [1.165, 1.54) is 16.7 Å². The first-order valence-electron chi connectivity index (χ1n) is 31.7. The second-order valence-electron chi connectivity index (χ2n) is 24.0. The molecule has 0 aliphatic carbocycles. The van der Waals surface area contributed by atoms with Gasteiger partial charge in [-0.05, 0) is 73.3 Å². The number of nitrogens with two attached hydrogens (primary N) is 2. The van der Waals surface area contributed by atoms with Crippen molar-refractivity contribution in [1.82, 2.24) is 52.3 Å². The summed E-state index contributed by atoms with van der Waals surface area (Å²) in [5.41, 5.74) is 14.1. The van der Waals surface area contributed by atoms with Crippen molar-refractivity contribution in [3.63, 3.8) is 0 Å². The Labute approximate surface area is 544 Å². The zero-order valence-electron chi connectivity index (χ0n) is 52.3. The van der Waals surface area contributed by atoms with Gasteiger partial charge in [0.15, 0.2) is 0 Å². The molecule has 0 unspecified atom stereocenters. The Balaban J connectivity index is 1.20. The number of carbonyl (C=O) groups is 12. The SMILES string of the molecule is C[C@@H](O)[C@@H]1NC(=O)[C@@H]2CCCN2C(=O)[C@@H](Cc2ccccc2)NC(=O)[C@H](Cc2ccccc2)NC(=O)[C@H](CCC(N)=O)NC(=O)[C@H](Cc2ccccc2)NC(=O)[C@@H]2CCCN2C(=O)[C@@H](Cc2ccccc2)NC(=O)[C@H](Cc2ccccc2)NC(=O)[C@H](CCC(N)=O)NC1=O. The Morgan fingerprint density at radius 2 is 0.638 bits per heavy atom. The molecule has 13 N–H and O–H groups in total. The Hall–Kier alpha value is -10.3. The highest BCUT2D eigenvalue weighted by Gasteiger charge is 2.43. The average molecular weight is 1290 g/mol. The van der Waals surface area contributed by atoms with Crippen LogP contribution in [0.3, 0.4) is 0 Å². The van der Waals surface area contributed by atoms with Crippen molar-refractivity contribution >= 4 is 70.9 Å². The Morgan fingerprint density at radius 1 is 0.383 bits per heavy atom. The van der Waals surface area contributed by atoms with Crippen molar-refractivity contribution in [3.05, 3.63) is 179 Å². The summed E-state index contributed by atoms with van der Waals surface area (Å²) in [6, 6.07) is 28.6. The zero-order valence-corrected chi connectivity index (χ0v) is 52.3. The smallest absolute Gasteiger partial charge is 0.246 e. The molecule has 25 heteroatoms. The van der Waals surface area contributed by atoms with Gasteiger partial charge in [-0.15, -0.1) is 0 Å². The molecule has 0 bridgehead atoms. The average Bonchev–Trinajstić information content (AvgIpc) is 1.63. The number of nitrogens with zero attached hydrogens (tertiary/aromatic N) is 2. The molecule has 0 saturated carbocycles. The van der Waals surface area contributed by atoms with E-state index in [0.717, 1.165) is 0 Å². The fraction of sp³-hybridized carbons (Fsp3) is 0.391. The summed E-state index contributed by atoms with van der Waals surface area (Å²) in [7, 11) is 0. The third-order valence-electron chi connectivity index (χ3n) is 16.9. The highest BCUT2D eigenvalue weighted by Crippen LogP contribution is 2.24. The van der Waals surface area contributed by atoms with Crippen molar-refractivity contribution in [1.29, 1.82) is 0 Å². The lowest BCUT2D eigenvalue weighted by Gasteiger charge is -2.32. The van der Waals surface area contributed by atoms with E-state index in [0.29, 0.717) is 34.2 Å². The zero-order chi connectivity index (χ0) is 67.3. The van der Waals surface area contributed by atoms with Crippen LogP contribution in [0.5, 0.6) is 0 Å². The molecule has 3 fully saturated rings. The third-order valence-corrected chi connectivity index (χ3v) is 16.9. The van der Waals surface area contributed by atoms with Crippen LogP contribution < -0.4 is 54.0 Å². The number of aliphatic hydroxyl groups is 1. The summed E-state index contributed by atoms with van der Waals surface area (Å²) in [5.74, 6) is -10.3. The second kappa shape index (κ2) is 33.9. The molecule has 8 rings (SSSR count). The molecule has 12 amide bonds. The van der Waals surface area contributed by atoms with E-state index in [9.17, 15) is 48.3 Å². The fourth-order valence-corrected chi connectivity index (χ4v) is 11.9. The molecule has 496 valence electrons. The molecule has 3 heterocycles. The number of nitrogens with one attached hydrogen (secondary N) is 8. The maximum absolute atomic E-state index is 15.2. The molecule has 0 radical (unpaired) electrons. The van der Waals surface area contributed by atoms with Gasteiger partial charge in [-0.3, -0.25) is 57.5 Å². The predicted molar refractivity (Wildman–Crippen MR) is 344 cm³/mol. The molecular weight excluding hydrogens is 1200 g/mol. The first-order valence-corrected chi connectivity index (χ1v) is 31.7. The minimum absolute atomic E-state index is 0.00786. The van der Waals surface area contributed by atoms with E-state index in [4.69, 9.17) is 11.5 Å². The molecule has 3 aliphatic rings. The van der Waals surface area contributed by atoms with E-state index < -0.39 is 157 Å². The lowest BCUT2D eigenvalue weighted by molar-refractivity contribution is -0.143. The molecular formula is C69H82N12O13. The van der Waals surface area contributed by atoms with Gasteiger partial charge in [-0.2, -0.15) is 0 Å². The molecule has 94 heavy (non-hydrogen) atoms. The van der Waals surface area contributed by atoms with Gasteiger partial charge in [0.1, 0.15) is 60.4 Å². The van der Waals surface area contributed by atoms with Crippen molar-refractivity contribution in [3.8, 4) is 0 Å². The van der Waals surface area contributed by atoms with Crippen molar-refractivity contribution in [2.24, 2.45) is 11.5 Å². The van der Waals surface area contributed by atoms with E-state index in [1.807, 2.05) is 0 Å². The number of fused-ring (bicyclic) bond motifs is 2. The van der Waals surface area contributed by atoms with E-state index in [2.05, 4.69) is 42.5 Å². The van der Waals surface area contributed by atoms with Crippen LogP contribution in [0.15, 0.2) is 152 Å². The van der Waals surface area contributed by atoms with E-state index in [-0.39, 0.29) is 70.9 Å². The van der Waals surface area contributed by atoms with E-state index >= 15 is 14.4 Å². The van der Waals surface area contributed by atoms with Crippen molar-refractivity contribution < 1.29 is 62.6 Å². The number of hydrogen-bond donors (Lipinski definition) is 11. The van der Waals surface area contributed by atoms with Gasteiger partial charge in [-0.1, -0.05) is 152 Å². The Bertz CT molecular complexity index is 3480. The number of aliphatic hydroxyl groups excluding tert-OH is 1. The largest absolute Gasteiger partial charge is 0.391 e. The van der Waals surface area contributed by atoms with Crippen LogP contribution in [0.1, 0.15) is 86.1 Å². The second-order valence-corrected chi connectivity index (χ2v) is 24.0. The van der Waals surface area contributed by atoms with Gasteiger partial charge in [0.25, 0.3) is 0 Å². The molecule has 3 aliphatic heterocycles. The first kappa shape index (κ1) is 69.6. The molecule has 11 atom stereocenters. The monoisotopic (exact) mass is 1290 g/mol. The van der Waals surface area contributed by atoms with Gasteiger partial charge in [0.05, 0.1) is 6.10 Å². The summed E-state index contributed by atoms with van der Waals surface area (Å²) in [6.07, 6.45) is -3.15. The number of hydrogen-bond acceptors (Lipinski definition) is 13. The lowest BCUT2D eigenvalue weighted by atomic mass is 10.0. The van der Waals surface area contributed by atoms with Gasteiger partial charge in [-0.25, -0.2) is 0 Å². The normalized spacial score (nSPS) is 24.5. The van der Waals surface area contributed by atoms with Crippen LogP contribution >= 0.6 is 0 Å². The molecule has 5 aromatic carbocycles. The molecule has 0 aromatic heterocycles. The molecule has 3 saturated heterocycles. The van der Waals surface area contributed by atoms with Gasteiger partial charge >= 0.3 is 0 Å². The van der Waals surface area contributed by atoms with Crippen LogP contribution in [0, 0.1) is 0 Å². The number of amides is 12. The maximum Gasteiger partial charge on any atom is 0.246 e. The van der Waals surface area contributed by atoms with Gasteiger partial charge < -0.3 is 68.9 Å². The van der Waals surface area contributed by atoms with Crippen molar-refractivity contribution in [2.45, 2.75) is 157 Å². The van der Waals surface area contributed by atoms with Crippen LogP contribution in [0.4, 0.5) is 0 Å². The summed E-state index contributed by atoms with van der Waals surface area (Å²) in [4.78, 5) is 176. The Morgan fingerprint density at radius 3 is 0.947 bits per heavy atom. The minimum Gasteiger partial charge on any atom is -0.391 e. The van der Waals surface area contributed by atoms with Crippen LogP contribution in [-0.4, -0.2) is 165 Å². The summed E-state index contributed by atoms with van der Waals surface area (Å²) in [5, 5.41) is 32.9. The number of carbonyl (C=O) groups excluding carboxylic acids is 12. The predicted octanol–water partition coefficient (Wildman–Crippen LogP) is -0.0143. The fourth-order valence-electron chi connectivity index (χ4n) is 11.9. The summed E-state index contributed by atoms with van der Waals surface area (Å²) < 4.78 is 0. The highest BCUT2D eigenvalue weighted by atomic mass is 16.3. The standard InChI is InChI=1S/C69H82N12O13/c1-42(82)59-67(92)73-49(32-34-58(71)84)61(86)75-51(38-44-21-9-3-10-22-44)64(89)77-53(40-46-25-13-5-14-26-46)68(93)80-35-17-29-55(80)65(90)76-52(39-45-23-11-4-12-24-45)62(87)72-48(31-33-57(70)83)60(85)74-50(37-43-19-7-2-8-20-43)63(88)78-54(41-47-27-15-6-16-28-47)69(94)81-36-18-30-56(81)66(91)79-59/h2-16,19-28,42,48-56,59,82H,17-18,29-41H2,1H3,(H2,70,83)(H2,71,84)(H,72,87)(H,73,92)(H,74,85)(H,75,86)(H,76,90)(H,77,89)(H,78,88)(H,79,91)/t42-,48+,49+,50+,51+,52+,53-,54-,55+,56+,59+/m1/s1. The van der Waals surface area contributed by atoms with Crippen LogP contribution in [-0.2, 0) is 89.6 Å². The number of primary amides is 2. The lowest BCUT2D eigenvalue weighted by Crippen LogP contribution is -2.62. The molecule has 5 aromatic rings. The quantitative estimate of drug-likeness (QED) is 0.0584. The molecule has 0 spiro atoms. The van der Waals surface area contributed by atoms with Gasteiger partial charge in [0.2, 0.25) is 70.9 Å². The summed E-state index contributed by atoms with van der Waals surface area (Å²) >= 11 is 0. The van der Waals surface area contributed by atoms with Crippen molar-refractivity contribution in [2.75, 3.05) is 13.1 Å². The topological polar surface area (TPSA) is 380 Å². The van der Waals surface area contributed by atoms with Crippen LogP contribution in [0.2, 0.25) is 0 Å². The Kier molecular flexibility index (Phi) is 25.1. The first-order chi connectivity index (χ1) is 45.2. The van der Waals surface area contributed by atoms with E-state index in [1.54, 1.807) is 152 Å². The third kappa shape index (κ3) is 19.9. The number of rotatable bonds is 17. The molecule has 25 nitrogen and oxygen atoms in total. The van der Waals surface area contributed by atoms with Crippen LogP contribution in [0.25, 0.3) is 0 Å². The van der Waals surface area contributed by atoms with Gasteiger partial charge in [0, 0.05) is 58.0 Å². The summed E-state index contributed by atoms with van der Waals surface area (Å²) in [6.45, 7) is 1.26. The maximum atomic E-state index is 15.2. The minimum atomic E-state index is -1.78. The number of benzene rings is 5.